The summed E-state index contributed by atoms with van der Waals surface area (Å²) < 4.78 is 6.42. The Hall–Kier alpha value is -1.88. The minimum atomic E-state index is 0.216. The van der Waals surface area contributed by atoms with Crippen molar-refractivity contribution in [2.45, 2.75) is 82.6 Å². The Kier molecular flexibility index (Phi) is 6.00. The number of carbonyl (C=O) groups is 2. The molecule has 0 aliphatic carbocycles. The molecule has 3 saturated heterocycles. The molecule has 0 radical (unpaired) electrons. The van der Waals surface area contributed by atoms with Gasteiger partial charge in [-0.15, -0.1) is 0 Å². The van der Waals surface area contributed by atoms with Gasteiger partial charge in [0.2, 0.25) is 11.8 Å². The summed E-state index contributed by atoms with van der Waals surface area (Å²) in [6.45, 7) is 3.30. The second-order valence-corrected chi connectivity index (χ2v) is 8.61. The second kappa shape index (κ2) is 8.64. The normalized spacial score (nSPS) is 27.8. The van der Waals surface area contributed by atoms with Crippen LogP contribution in [0.3, 0.4) is 0 Å². The molecule has 2 bridgehead atoms. The fraction of sp³-hybridized carbons (Fsp3) is 0.652. The standard InChI is InChI=1S/C23H32N2O3/c1-17(26)25-19-8-9-20(25)16-22(15-19)28-21-11-13-24(14-12-21)23(27)10-7-18-5-3-2-4-6-18/h2-6,19-22H,7-16H2,1H3/t19-,20+,22?. The molecule has 28 heavy (non-hydrogen) atoms. The molecule has 5 heteroatoms. The molecule has 152 valence electrons. The van der Waals surface area contributed by atoms with E-state index in [-0.39, 0.29) is 24.0 Å². The molecule has 3 heterocycles. The minimum Gasteiger partial charge on any atom is -0.375 e. The van der Waals surface area contributed by atoms with Crippen molar-refractivity contribution < 1.29 is 14.3 Å². The number of hydrogen-bond donors (Lipinski definition) is 0. The number of rotatable bonds is 5. The fourth-order valence-electron chi connectivity index (χ4n) is 5.32. The van der Waals surface area contributed by atoms with Crippen LogP contribution in [0.25, 0.3) is 0 Å². The Bertz CT molecular complexity index is 670. The van der Waals surface area contributed by atoms with E-state index in [1.54, 1.807) is 6.92 Å². The van der Waals surface area contributed by atoms with E-state index in [4.69, 9.17) is 4.74 Å². The summed E-state index contributed by atoms with van der Waals surface area (Å²) >= 11 is 0. The number of aryl methyl sites for hydroxylation is 1. The van der Waals surface area contributed by atoms with Gasteiger partial charge < -0.3 is 14.5 Å². The van der Waals surface area contributed by atoms with Crippen LogP contribution in [0, 0.1) is 0 Å². The molecule has 0 aromatic heterocycles. The van der Waals surface area contributed by atoms with E-state index in [0.29, 0.717) is 18.5 Å². The van der Waals surface area contributed by atoms with Gasteiger partial charge in [0.05, 0.1) is 12.2 Å². The highest BCUT2D eigenvalue weighted by molar-refractivity contribution is 5.76. The monoisotopic (exact) mass is 384 g/mol. The van der Waals surface area contributed by atoms with E-state index in [1.807, 2.05) is 23.1 Å². The summed E-state index contributed by atoms with van der Waals surface area (Å²) in [6.07, 6.45) is 7.99. The molecule has 3 fully saturated rings. The third kappa shape index (κ3) is 4.40. The van der Waals surface area contributed by atoms with Crippen molar-refractivity contribution in [2.75, 3.05) is 13.1 Å². The number of fused-ring (bicyclic) bond motifs is 2. The molecular formula is C23H32N2O3. The topological polar surface area (TPSA) is 49.9 Å². The first kappa shape index (κ1) is 19.4. The highest BCUT2D eigenvalue weighted by Gasteiger charge is 2.43. The number of amides is 2. The molecule has 0 N–H and O–H groups in total. The summed E-state index contributed by atoms with van der Waals surface area (Å²) in [4.78, 5) is 28.5. The molecule has 1 unspecified atom stereocenters. The van der Waals surface area contributed by atoms with Crippen molar-refractivity contribution in [1.29, 1.82) is 0 Å². The lowest BCUT2D eigenvalue weighted by Crippen LogP contribution is -2.49. The maximum Gasteiger partial charge on any atom is 0.222 e. The first-order chi connectivity index (χ1) is 13.6. The lowest BCUT2D eigenvalue weighted by atomic mass is 9.98. The summed E-state index contributed by atoms with van der Waals surface area (Å²) in [7, 11) is 0. The van der Waals surface area contributed by atoms with Crippen LogP contribution < -0.4 is 0 Å². The zero-order chi connectivity index (χ0) is 19.5. The van der Waals surface area contributed by atoms with Gasteiger partial charge in [0.1, 0.15) is 0 Å². The van der Waals surface area contributed by atoms with E-state index < -0.39 is 0 Å². The quantitative estimate of drug-likeness (QED) is 0.783. The molecular weight excluding hydrogens is 352 g/mol. The van der Waals surface area contributed by atoms with Gasteiger partial charge in [-0.2, -0.15) is 0 Å². The average molecular weight is 385 g/mol. The largest absolute Gasteiger partial charge is 0.375 e. The Morgan fingerprint density at radius 1 is 0.964 bits per heavy atom. The summed E-state index contributed by atoms with van der Waals surface area (Å²) in [6, 6.07) is 11.0. The Labute approximate surface area is 168 Å². The van der Waals surface area contributed by atoms with Gasteiger partial charge >= 0.3 is 0 Å². The van der Waals surface area contributed by atoms with Crippen LogP contribution in [0.15, 0.2) is 30.3 Å². The predicted octanol–water partition coefficient (Wildman–Crippen LogP) is 3.17. The third-order valence-electron chi connectivity index (χ3n) is 6.70. The van der Waals surface area contributed by atoms with Crippen LogP contribution >= 0.6 is 0 Å². The first-order valence-electron chi connectivity index (χ1n) is 10.9. The number of hydrogen-bond acceptors (Lipinski definition) is 3. The summed E-state index contributed by atoms with van der Waals surface area (Å²) in [5.41, 5.74) is 1.22. The Morgan fingerprint density at radius 3 is 2.21 bits per heavy atom. The molecule has 3 aliphatic heterocycles. The zero-order valence-electron chi connectivity index (χ0n) is 16.9. The van der Waals surface area contributed by atoms with Crippen molar-refractivity contribution in [3.63, 3.8) is 0 Å². The third-order valence-corrected chi connectivity index (χ3v) is 6.70. The van der Waals surface area contributed by atoms with Gasteiger partial charge in [-0.3, -0.25) is 9.59 Å². The van der Waals surface area contributed by atoms with E-state index in [0.717, 1.165) is 58.0 Å². The molecule has 1 aromatic carbocycles. The van der Waals surface area contributed by atoms with Crippen molar-refractivity contribution in [3.05, 3.63) is 35.9 Å². The van der Waals surface area contributed by atoms with Gasteiger partial charge in [-0.25, -0.2) is 0 Å². The number of nitrogens with zero attached hydrogens (tertiary/aromatic N) is 2. The SMILES string of the molecule is CC(=O)N1[C@@H]2CC[C@H]1CC(OC1CCN(C(=O)CCc3ccccc3)CC1)C2. The van der Waals surface area contributed by atoms with Crippen LogP contribution in [0.5, 0.6) is 0 Å². The number of benzene rings is 1. The molecule has 1 aromatic rings. The second-order valence-electron chi connectivity index (χ2n) is 8.61. The lowest BCUT2D eigenvalue weighted by Gasteiger charge is -2.41. The molecule has 2 amide bonds. The van der Waals surface area contributed by atoms with Gasteiger partial charge in [0, 0.05) is 38.5 Å². The highest BCUT2D eigenvalue weighted by Crippen LogP contribution is 2.37. The smallest absolute Gasteiger partial charge is 0.222 e. The van der Waals surface area contributed by atoms with Crippen LogP contribution in [0.4, 0.5) is 0 Å². The van der Waals surface area contributed by atoms with Crippen molar-refractivity contribution in [3.8, 4) is 0 Å². The average Bonchev–Trinajstić information content (AvgIpc) is 2.99. The number of ether oxygens (including phenoxy) is 1. The van der Waals surface area contributed by atoms with Crippen molar-refractivity contribution in [2.24, 2.45) is 0 Å². The molecule has 0 saturated carbocycles. The summed E-state index contributed by atoms with van der Waals surface area (Å²) in [5, 5.41) is 0. The van der Waals surface area contributed by atoms with Gasteiger partial charge in [-0.05, 0) is 50.5 Å². The molecule has 4 rings (SSSR count). The van der Waals surface area contributed by atoms with Gasteiger partial charge in [-0.1, -0.05) is 30.3 Å². The van der Waals surface area contributed by atoms with E-state index in [1.165, 1.54) is 5.56 Å². The summed E-state index contributed by atoms with van der Waals surface area (Å²) in [5.74, 6) is 0.475. The maximum atomic E-state index is 12.5. The number of piperidine rings is 2. The molecule has 3 atom stereocenters. The van der Waals surface area contributed by atoms with Crippen LogP contribution in [-0.2, 0) is 20.7 Å². The lowest BCUT2D eigenvalue weighted by molar-refractivity contribution is -0.140. The number of carbonyl (C=O) groups excluding carboxylic acids is 2. The van der Waals surface area contributed by atoms with E-state index in [2.05, 4.69) is 17.0 Å². The highest BCUT2D eigenvalue weighted by atomic mass is 16.5. The minimum absolute atomic E-state index is 0.216. The molecule has 5 nitrogen and oxygen atoms in total. The molecule has 0 spiro atoms. The molecule has 3 aliphatic rings. The van der Waals surface area contributed by atoms with E-state index in [9.17, 15) is 9.59 Å². The first-order valence-corrected chi connectivity index (χ1v) is 10.9. The van der Waals surface area contributed by atoms with Gasteiger partial charge in [0.15, 0.2) is 0 Å². The predicted molar refractivity (Wildman–Crippen MR) is 108 cm³/mol. The fourth-order valence-corrected chi connectivity index (χ4v) is 5.32. The Morgan fingerprint density at radius 2 is 1.61 bits per heavy atom. The van der Waals surface area contributed by atoms with Crippen LogP contribution in [0.1, 0.15) is 57.4 Å². The van der Waals surface area contributed by atoms with Crippen LogP contribution in [0.2, 0.25) is 0 Å². The van der Waals surface area contributed by atoms with Crippen molar-refractivity contribution in [1.82, 2.24) is 9.80 Å². The number of likely N-dealkylation sites (tertiary alicyclic amines) is 1. The zero-order valence-corrected chi connectivity index (χ0v) is 16.9. The maximum absolute atomic E-state index is 12.5. The van der Waals surface area contributed by atoms with Crippen molar-refractivity contribution >= 4 is 11.8 Å². The van der Waals surface area contributed by atoms with Crippen LogP contribution in [-0.4, -0.2) is 59.0 Å². The van der Waals surface area contributed by atoms with Gasteiger partial charge in [0.25, 0.3) is 0 Å². The van der Waals surface area contributed by atoms with E-state index >= 15 is 0 Å². The Balaban J connectivity index is 1.20.